The van der Waals surface area contributed by atoms with Crippen LogP contribution in [0.5, 0.6) is 5.75 Å². The van der Waals surface area contributed by atoms with E-state index in [4.69, 9.17) is 4.74 Å². The second kappa shape index (κ2) is 10.1. The van der Waals surface area contributed by atoms with E-state index in [1.165, 1.54) is 28.1 Å². The van der Waals surface area contributed by atoms with E-state index in [2.05, 4.69) is 60.0 Å². The molecule has 0 spiro atoms. The average Bonchev–Trinajstić information content (AvgIpc) is 3.22. The molecule has 34 heavy (non-hydrogen) atoms. The Labute approximate surface area is 204 Å². The van der Waals surface area contributed by atoms with Crippen LogP contribution >= 0.6 is 11.8 Å². The molecule has 5 rings (SSSR count). The number of anilines is 1. The van der Waals surface area contributed by atoms with Crippen LogP contribution in [0.3, 0.4) is 0 Å². The molecule has 1 heterocycles. The van der Waals surface area contributed by atoms with Gasteiger partial charge >= 0.3 is 0 Å². The molecule has 4 aromatic carbocycles. The summed E-state index contributed by atoms with van der Waals surface area (Å²) in [6.45, 7) is 2.59. The van der Waals surface area contributed by atoms with Crippen LogP contribution in [0.15, 0.2) is 95.9 Å². The van der Waals surface area contributed by atoms with Gasteiger partial charge in [0.25, 0.3) is 5.91 Å². The standard InChI is InChI=1S/C29H26N2O2S/c1-2-20-14-16-24(17-15-20)30-29-31-28(32)27(34-29)18-22-9-4-6-13-26(22)33-19-23-11-7-10-21-8-3-5-12-25(21)23/h3-18,29-30H,2,19H2,1H3,(H,31,32)/b27-18-/t29-/m0/s1. The Hall–Kier alpha value is -3.70. The number of benzene rings is 4. The molecule has 0 unspecified atom stereocenters. The van der Waals surface area contributed by atoms with E-state index >= 15 is 0 Å². The maximum atomic E-state index is 12.6. The van der Waals surface area contributed by atoms with Gasteiger partial charge in [0.1, 0.15) is 12.4 Å². The van der Waals surface area contributed by atoms with E-state index < -0.39 is 0 Å². The highest BCUT2D eigenvalue weighted by atomic mass is 32.2. The predicted molar refractivity (Wildman–Crippen MR) is 142 cm³/mol. The topological polar surface area (TPSA) is 50.4 Å². The van der Waals surface area contributed by atoms with Crippen molar-refractivity contribution in [2.24, 2.45) is 0 Å². The van der Waals surface area contributed by atoms with Crippen molar-refractivity contribution >= 4 is 40.2 Å². The Balaban J connectivity index is 1.30. The molecule has 170 valence electrons. The lowest BCUT2D eigenvalue weighted by molar-refractivity contribution is -0.116. The van der Waals surface area contributed by atoms with Crippen LogP contribution in [0.4, 0.5) is 5.69 Å². The highest BCUT2D eigenvalue weighted by molar-refractivity contribution is 8.05. The van der Waals surface area contributed by atoms with Gasteiger partial charge in [-0.25, -0.2) is 0 Å². The molecule has 4 nitrogen and oxygen atoms in total. The highest BCUT2D eigenvalue weighted by Gasteiger charge is 2.27. The van der Waals surface area contributed by atoms with Crippen molar-refractivity contribution in [1.29, 1.82) is 0 Å². The van der Waals surface area contributed by atoms with Crippen molar-refractivity contribution in [3.8, 4) is 5.75 Å². The number of ether oxygens (including phenoxy) is 1. The molecule has 1 amide bonds. The number of thioether (sulfide) groups is 1. The zero-order chi connectivity index (χ0) is 23.3. The second-order valence-corrected chi connectivity index (χ2v) is 9.29. The minimum Gasteiger partial charge on any atom is -0.488 e. The van der Waals surface area contributed by atoms with Crippen molar-refractivity contribution in [2.75, 3.05) is 5.32 Å². The fourth-order valence-corrected chi connectivity index (χ4v) is 4.98. The van der Waals surface area contributed by atoms with Gasteiger partial charge in [0.05, 0.1) is 4.91 Å². The molecule has 0 radical (unpaired) electrons. The van der Waals surface area contributed by atoms with E-state index in [1.807, 2.05) is 54.6 Å². The zero-order valence-corrected chi connectivity index (χ0v) is 19.8. The van der Waals surface area contributed by atoms with E-state index in [0.717, 1.165) is 29.0 Å². The summed E-state index contributed by atoms with van der Waals surface area (Å²) in [4.78, 5) is 13.3. The second-order valence-electron chi connectivity index (χ2n) is 8.14. The summed E-state index contributed by atoms with van der Waals surface area (Å²) in [5.74, 6) is 0.666. The minimum atomic E-state index is -0.213. The number of aryl methyl sites for hydroxylation is 1. The molecular weight excluding hydrogens is 440 g/mol. The van der Waals surface area contributed by atoms with Gasteiger partial charge in [0, 0.05) is 11.3 Å². The van der Waals surface area contributed by atoms with Gasteiger partial charge in [0.15, 0.2) is 5.50 Å². The largest absolute Gasteiger partial charge is 0.488 e. The number of rotatable bonds is 7. The first-order valence-corrected chi connectivity index (χ1v) is 12.3. The van der Waals surface area contributed by atoms with Gasteiger partial charge in [-0.15, -0.1) is 0 Å². The van der Waals surface area contributed by atoms with Gasteiger partial charge in [-0.3, -0.25) is 4.79 Å². The lowest BCUT2D eigenvalue weighted by Crippen LogP contribution is -2.30. The summed E-state index contributed by atoms with van der Waals surface area (Å²) in [6.07, 6.45) is 2.91. The first kappa shape index (κ1) is 22.1. The summed E-state index contributed by atoms with van der Waals surface area (Å²) >= 11 is 1.48. The van der Waals surface area contributed by atoms with E-state index in [-0.39, 0.29) is 11.4 Å². The van der Waals surface area contributed by atoms with Crippen LogP contribution in [0.1, 0.15) is 23.6 Å². The smallest absolute Gasteiger partial charge is 0.260 e. The summed E-state index contributed by atoms with van der Waals surface area (Å²) in [7, 11) is 0. The quantitative estimate of drug-likeness (QED) is 0.302. The van der Waals surface area contributed by atoms with E-state index in [0.29, 0.717) is 11.5 Å². The molecule has 1 fully saturated rings. The Bertz CT molecular complexity index is 1340. The number of para-hydroxylation sites is 1. The number of carbonyl (C=O) groups excluding carboxylic acids is 1. The minimum absolute atomic E-state index is 0.0865. The fraction of sp³-hybridized carbons (Fsp3) is 0.138. The Morgan fingerprint density at radius 2 is 1.71 bits per heavy atom. The van der Waals surface area contributed by atoms with Crippen molar-refractivity contribution in [1.82, 2.24) is 5.32 Å². The number of nitrogens with one attached hydrogen (secondary N) is 2. The van der Waals surface area contributed by atoms with Crippen LogP contribution in [-0.2, 0) is 17.8 Å². The normalized spacial score (nSPS) is 16.6. The molecule has 0 bridgehead atoms. The van der Waals surface area contributed by atoms with Crippen molar-refractivity contribution < 1.29 is 9.53 Å². The summed E-state index contributed by atoms with van der Waals surface area (Å²) in [5, 5.41) is 8.76. The molecule has 0 aliphatic carbocycles. The average molecular weight is 467 g/mol. The van der Waals surface area contributed by atoms with Crippen molar-refractivity contribution in [2.45, 2.75) is 25.4 Å². The molecule has 4 aromatic rings. The molecule has 1 atom stereocenters. The maximum absolute atomic E-state index is 12.6. The molecule has 0 saturated carbocycles. The van der Waals surface area contributed by atoms with Crippen molar-refractivity contribution in [3.63, 3.8) is 0 Å². The maximum Gasteiger partial charge on any atom is 0.260 e. The van der Waals surface area contributed by atoms with Gasteiger partial charge in [0.2, 0.25) is 0 Å². The van der Waals surface area contributed by atoms with Crippen LogP contribution in [0, 0.1) is 0 Å². The summed E-state index contributed by atoms with van der Waals surface area (Å²) < 4.78 is 6.22. The first-order valence-electron chi connectivity index (χ1n) is 11.4. The van der Waals surface area contributed by atoms with Crippen LogP contribution in [0.25, 0.3) is 16.8 Å². The fourth-order valence-electron chi connectivity index (χ4n) is 4.00. The molecule has 1 aliphatic heterocycles. The zero-order valence-electron chi connectivity index (χ0n) is 19.0. The van der Waals surface area contributed by atoms with Crippen molar-refractivity contribution in [3.05, 3.63) is 113 Å². The summed E-state index contributed by atoms with van der Waals surface area (Å²) in [5.41, 5.74) is 4.07. The SMILES string of the molecule is CCc1ccc(N[C@H]2NC(=O)/C(=C/c3ccccc3OCc3cccc4ccccc34)S2)cc1. The van der Waals surface area contributed by atoms with Crippen LogP contribution in [0.2, 0.25) is 0 Å². The molecule has 2 N–H and O–H groups in total. The number of fused-ring (bicyclic) bond motifs is 1. The third-order valence-corrected chi connectivity index (χ3v) is 6.89. The summed E-state index contributed by atoms with van der Waals surface area (Å²) in [6, 6.07) is 30.7. The molecular formula is C29H26N2O2S. The molecule has 0 aromatic heterocycles. The lowest BCUT2D eigenvalue weighted by Gasteiger charge is -2.13. The van der Waals surface area contributed by atoms with Crippen LogP contribution < -0.4 is 15.4 Å². The number of carbonyl (C=O) groups is 1. The van der Waals surface area contributed by atoms with Gasteiger partial charge in [-0.2, -0.15) is 0 Å². The van der Waals surface area contributed by atoms with E-state index in [1.54, 1.807) is 0 Å². The van der Waals surface area contributed by atoms with Crippen LogP contribution in [-0.4, -0.2) is 11.4 Å². The third-order valence-electron chi connectivity index (χ3n) is 5.86. The molecule has 1 aliphatic rings. The number of amides is 1. The Morgan fingerprint density at radius 3 is 2.56 bits per heavy atom. The van der Waals surface area contributed by atoms with Gasteiger partial charge in [-0.05, 0) is 52.6 Å². The number of hydrogen-bond donors (Lipinski definition) is 2. The number of hydrogen-bond acceptors (Lipinski definition) is 4. The Kier molecular flexibility index (Phi) is 6.54. The highest BCUT2D eigenvalue weighted by Crippen LogP contribution is 2.33. The molecule has 5 heteroatoms. The van der Waals surface area contributed by atoms with Gasteiger partial charge in [-0.1, -0.05) is 91.5 Å². The van der Waals surface area contributed by atoms with E-state index in [9.17, 15) is 4.79 Å². The van der Waals surface area contributed by atoms with Gasteiger partial charge < -0.3 is 15.4 Å². The first-order chi connectivity index (χ1) is 16.7. The monoisotopic (exact) mass is 466 g/mol. The molecule has 1 saturated heterocycles. The Morgan fingerprint density at radius 1 is 0.941 bits per heavy atom. The lowest BCUT2D eigenvalue weighted by atomic mass is 10.1. The third kappa shape index (κ3) is 4.95. The predicted octanol–water partition coefficient (Wildman–Crippen LogP) is 6.58.